The normalized spacial score (nSPS) is 14.9. The summed E-state index contributed by atoms with van der Waals surface area (Å²) in [7, 11) is 0. The maximum absolute atomic E-state index is 13.0. The first-order valence-electron chi connectivity index (χ1n) is 13.4. The molecule has 0 radical (unpaired) electrons. The molecule has 1 aliphatic rings. The van der Waals surface area contributed by atoms with Crippen LogP contribution >= 0.6 is 11.3 Å². The van der Waals surface area contributed by atoms with Gasteiger partial charge in [-0.1, -0.05) is 45.0 Å². The monoisotopic (exact) mass is 537 g/mol. The van der Waals surface area contributed by atoms with Crippen LogP contribution in [-0.2, 0) is 22.6 Å². The molecular weight excluding hydrogens is 498 g/mol. The van der Waals surface area contributed by atoms with E-state index in [0.29, 0.717) is 18.0 Å². The topological polar surface area (TPSA) is 99.7 Å². The summed E-state index contributed by atoms with van der Waals surface area (Å²) in [5, 5.41) is 16.8. The number of hydrogen-bond donors (Lipinski definition) is 4. The maximum atomic E-state index is 13.0. The van der Waals surface area contributed by atoms with Crippen LogP contribution in [0.3, 0.4) is 0 Å². The zero-order valence-electron chi connectivity index (χ0n) is 22.5. The van der Waals surface area contributed by atoms with Crippen molar-refractivity contribution < 1.29 is 19.5 Å². The average molecular weight is 538 g/mol. The summed E-state index contributed by atoms with van der Waals surface area (Å²) in [6.45, 7) is 7.81. The van der Waals surface area contributed by atoms with E-state index >= 15 is 0 Å². The Morgan fingerprint density at radius 2 is 1.82 bits per heavy atom. The van der Waals surface area contributed by atoms with Crippen LogP contribution in [0.1, 0.15) is 80.1 Å². The molecule has 8 heteroatoms. The number of amides is 1. The lowest BCUT2D eigenvalue weighted by atomic mass is 9.88. The Hall–Kier alpha value is -2.94. The number of fused-ring (bicyclic) bond motifs is 1. The Bertz CT molecular complexity index is 1240. The van der Waals surface area contributed by atoms with Crippen molar-refractivity contribution in [3.05, 3.63) is 64.5 Å². The van der Waals surface area contributed by atoms with Crippen molar-refractivity contribution in [2.24, 2.45) is 5.41 Å². The SMILES string of the molecule is CC(C)(C)CC[C@H](NCc1cccc(NCc2ccc3cc(C(=O)NO)sc3c2)c1)C(=O)OC1CCCC1. The third-order valence-electron chi connectivity index (χ3n) is 6.94. The molecule has 0 unspecified atom stereocenters. The van der Waals surface area contributed by atoms with Gasteiger partial charge in [0.15, 0.2) is 0 Å². The number of nitrogens with one attached hydrogen (secondary N) is 3. The molecule has 204 valence electrons. The van der Waals surface area contributed by atoms with Crippen LogP contribution in [0.4, 0.5) is 5.69 Å². The lowest BCUT2D eigenvalue weighted by Crippen LogP contribution is -2.39. The van der Waals surface area contributed by atoms with E-state index in [9.17, 15) is 9.59 Å². The first-order valence-corrected chi connectivity index (χ1v) is 14.3. The molecule has 4 rings (SSSR count). The van der Waals surface area contributed by atoms with Crippen LogP contribution in [0.25, 0.3) is 10.1 Å². The van der Waals surface area contributed by atoms with Crippen molar-refractivity contribution in [1.29, 1.82) is 0 Å². The highest BCUT2D eigenvalue weighted by Gasteiger charge is 2.26. The van der Waals surface area contributed by atoms with Crippen LogP contribution in [-0.4, -0.2) is 29.2 Å². The van der Waals surface area contributed by atoms with Gasteiger partial charge < -0.3 is 15.4 Å². The second kappa shape index (κ2) is 12.7. The minimum atomic E-state index is -0.497. The van der Waals surface area contributed by atoms with E-state index in [1.165, 1.54) is 11.3 Å². The maximum Gasteiger partial charge on any atom is 0.323 e. The fourth-order valence-electron chi connectivity index (χ4n) is 4.72. The zero-order chi connectivity index (χ0) is 27.1. The number of carbonyl (C=O) groups excluding carboxylic acids is 2. The lowest BCUT2D eigenvalue weighted by Gasteiger charge is -2.24. The number of carbonyl (C=O) groups is 2. The van der Waals surface area contributed by atoms with E-state index in [4.69, 9.17) is 9.94 Å². The average Bonchev–Trinajstić information content (AvgIpc) is 3.56. The standard InChI is InChI=1S/C30H39N3O4S/c1-30(2,3)14-13-25(29(35)37-24-9-4-5-10-24)32-19-20-7-6-8-23(15-20)31-18-21-11-12-22-17-27(28(34)33-36)38-26(22)16-21/h6-8,11-12,15-17,24-25,31-32,36H,4-5,9-10,13-14,18-19H2,1-3H3,(H,33,34)/t25-/m0/s1. The summed E-state index contributed by atoms with van der Waals surface area (Å²) in [5.41, 5.74) is 5.02. The molecule has 1 heterocycles. The van der Waals surface area contributed by atoms with E-state index in [-0.39, 0.29) is 23.5 Å². The highest BCUT2D eigenvalue weighted by molar-refractivity contribution is 7.20. The summed E-state index contributed by atoms with van der Waals surface area (Å²) >= 11 is 1.35. The Morgan fingerprint density at radius 3 is 2.55 bits per heavy atom. The van der Waals surface area contributed by atoms with Gasteiger partial charge >= 0.3 is 5.97 Å². The molecule has 4 N–H and O–H groups in total. The van der Waals surface area contributed by atoms with Gasteiger partial charge in [-0.05, 0) is 84.7 Å². The number of benzene rings is 2. The van der Waals surface area contributed by atoms with E-state index in [1.807, 2.05) is 24.3 Å². The van der Waals surface area contributed by atoms with Gasteiger partial charge in [-0.3, -0.25) is 14.8 Å². The molecular formula is C30H39N3O4S. The predicted molar refractivity (Wildman–Crippen MR) is 153 cm³/mol. The predicted octanol–water partition coefficient (Wildman–Crippen LogP) is 6.40. The molecule has 1 amide bonds. The van der Waals surface area contributed by atoms with E-state index in [1.54, 1.807) is 11.5 Å². The molecule has 3 aromatic rings. The molecule has 38 heavy (non-hydrogen) atoms. The third kappa shape index (κ3) is 8.03. The highest BCUT2D eigenvalue weighted by Crippen LogP contribution is 2.27. The molecule has 0 spiro atoms. The van der Waals surface area contributed by atoms with Crippen molar-refractivity contribution in [3.8, 4) is 0 Å². The quantitative estimate of drug-likeness (QED) is 0.128. The molecule has 0 saturated heterocycles. The molecule has 1 aliphatic carbocycles. The summed E-state index contributed by atoms with van der Waals surface area (Å²) in [6, 6.07) is 15.7. The van der Waals surface area contributed by atoms with Crippen LogP contribution in [0, 0.1) is 5.41 Å². The van der Waals surface area contributed by atoms with Gasteiger partial charge in [0.2, 0.25) is 0 Å². The second-order valence-electron chi connectivity index (χ2n) is 11.4. The number of hydrogen-bond acceptors (Lipinski definition) is 7. The van der Waals surface area contributed by atoms with Crippen molar-refractivity contribution in [2.75, 3.05) is 5.32 Å². The summed E-state index contributed by atoms with van der Waals surface area (Å²) in [6.07, 6.45) is 5.99. The summed E-state index contributed by atoms with van der Waals surface area (Å²) in [5.74, 6) is -0.622. The third-order valence-corrected chi connectivity index (χ3v) is 8.04. The number of rotatable bonds is 11. The number of hydroxylamine groups is 1. The van der Waals surface area contributed by atoms with Crippen molar-refractivity contribution in [1.82, 2.24) is 10.8 Å². The molecule has 7 nitrogen and oxygen atoms in total. The zero-order valence-corrected chi connectivity index (χ0v) is 23.3. The molecule has 2 aromatic carbocycles. The highest BCUT2D eigenvalue weighted by atomic mass is 32.1. The van der Waals surface area contributed by atoms with Gasteiger partial charge in [0.05, 0.1) is 4.88 Å². The fraction of sp³-hybridized carbons (Fsp3) is 0.467. The molecule has 1 fully saturated rings. The number of esters is 1. The number of thiophene rings is 1. The molecule has 1 saturated carbocycles. The van der Waals surface area contributed by atoms with Gasteiger partial charge in [-0.15, -0.1) is 11.3 Å². The molecule has 0 bridgehead atoms. The van der Waals surface area contributed by atoms with E-state index < -0.39 is 5.91 Å². The summed E-state index contributed by atoms with van der Waals surface area (Å²) < 4.78 is 6.83. The van der Waals surface area contributed by atoms with Gasteiger partial charge in [0, 0.05) is 23.5 Å². The summed E-state index contributed by atoms with van der Waals surface area (Å²) in [4.78, 5) is 25.2. The van der Waals surface area contributed by atoms with Gasteiger partial charge in [-0.25, -0.2) is 5.48 Å². The van der Waals surface area contributed by atoms with Crippen molar-refractivity contribution in [2.45, 2.75) is 84.5 Å². The molecule has 0 aliphatic heterocycles. The smallest absolute Gasteiger partial charge is 0.323 e. The lowest BCUT2D eigenvalue weighted by molar-refractivity contribution is -0.151. The van der Waals surface area contributed by atoms with Crippen molar-refractivity contribution in [3.63, 3.8) is 0 Å². The van der Waals surface area contributed by atoms with Gasteiger partial charge in [0.25, 0.3) is 5.91 Å². The largest absolute Gasteiger partial charge is 0.461 e. The fourth-order valence-corrected chi connectivity index (χ4v) is 5.74. The van der Waals surface area contributed by atoms with Crippen LogP contribution in [0.15, 0.2) is 48.5 Å². The van der Waals surface area contributed by atoms with Crippen LogP contribution in [0.5, 0.6) is 0 Å². The minimum absolute atomic E-state index is 0.0702. The first-order chi connectivity index (χ1) is 18.2. The first kappa shape index (κ1) is 28.1. The van der Waals surface area contributed by atoms with Crippen LogP contribution < -0.4 is 16.1 Å². The van der Waals surface area contributed by atoms with Crippen LogP contribution in [0.2, 0.25) is 0 Å². The van der Waals surface area contributed by atoms with Gasteiger partial charge in [-0.2, -0.15) is 0 Å². The number of ether oxygens (including phenoxy) is 1. The van der Waals surface area contributed by atoms with Crippen molar-refractivity contribution >= 4 is 39.0 Å². The molecule has 1 atom stereocenters. The Kier molecular flexibility index (Phi) is 9.41. The van der Waals surface area contributed by atoms with E-state index in [0.717, 1.165) is 65.4 Å². The Balaban J connectivity index is 1.35. The molecule has 1 aromatic heterocycles. The second-order valence-corrected chi connectivity index (χ2v) is 12.4. The Morgan fingerprint density at radius 1 is 1.05 bits per heavy atom. The van der Waals surface area contributed by atoms with Gasteiger partial charge in [0.1, 0.15) is 12.1 Å². The number of anilines is 1. The Labute approximate surface area is 228 Å². The van der Waals surface area contributed by atoms with E-state index in [2.05, 4.69) is 49.6 Å². The minimum Gasteiger partial charge on any atom is -0.461 e.